The van der Waals surface area contributed by atoms with E-state index in [4.69, 9.17) is 0 Å². The molecule has 0 fully saturated rings. The summed E-state index contributed by atoms with van der Waals surface area (Å²) in [6.07, 6.45) is 3.56. The number of halogens is 1. The number of nitrogens with zero attached hydrogens (tertiary/aromatic N) is 2. The monoisotopic (exact) mass is 560 g/mol. The van der Waals surface area contributed by atoms with E-state index in [0.29, 0.717) is 6.54 Å². The average Bonchev–Trinajstić information content (AvgIpc) is 3.35. The van der Waals surface area contributed by atoms with E-state index < -0.39 is 17.9 Å². The molecule has 1 atom stereocenters. The number of nitrogens with one attached hydrogen (secondary N) is 2. The molecule has 1 heterocycles. The fourth-order valence-corrected chi connectivity index (χ4v) is 5.09. The molecule has 0 unspecified atom stereocenters. The third-order valence-corrected chi connectivity index (χ3v) is 7.24. The molecule has 0 saturated heterocycles. The number of para-hydroxylation sites is 1. The Hall–Kier alpha value is -5.04. The van der Waals surface area contributed by atoms with Crippen molar-refractivity contribution in [2.24, 2.45) is 11.0 Å². The van der Waals surface area contributed by atoms with Crippen LogP contribution in [0.1, 0.15) is 42.0 Å². The number of benzene rings is 4. The van der Waals surface area contributed by atoms with Crippen molar-refractivity contribution in [1.29, 1.82) is 0 Å². The molecule has 4 aromatic carbocycles. The Labute approximate surface area is 244 Å². The fourth-order valence-electron chi connectivity index (χ4n) is 5.09. The third kappa shape index (κ3) is 6.63. The van der Waals surface area contributed by atoms with Crippen LogP contribution in [0.3, 0.4) is 0 Å². The Morgan fingerprint density at radius 2 is 1.40 bits per heavy atom. The minimum absolute atomic E-state index is 0.172. The molecule has 2 amide bonds. The van der Waals surface area contributed by atoms with Crippen LogP contribution in [0, 0.1) is 11.7 Å². The molecule has 7 heteroatoms. The summed E-state index contributed by atoms with van der Waals surface area (Å²) in [5, 5.41) is 8.20. The zero-order chi connectivity index (χ0) is 29.5. The minimum Gasteiger partial charge on any atom is -0.343 e. The van der Waals surface area contributed by atoms with Gasteiger partial charge in [0.15, 0.2) is 0 Å². The zero-order valence-electron chi connectivity index (χ0n) is 23.6. The van der Waals surface area contributed by atoms with E-state index in [1.165, 1.54) is 12.1 Å². The predicted octanol–water partition coefficient (Wildman–Crippen LogP) is 6.25. The van der Waals surface area contributed by atoms with Gasteiger partial charge in [0.05, 0.1) is 12.1 Å². The number of amides is 2. The number of carbonyl (C=O) groups is 2. The van der Waals surface area contributed by atoms with Crippen LogP contribution in [0.2, 0.25) is 0 Å². The van der Waals surface area contributed by atoms with Crippen molar-refractivity contribution in [1.82, 2.24) is 15.3 Å². The first-order chi connectivity index (χ1) is 20.4. The van der Waals surface area contributed by atoms with Crippen LogP contribution in [0.25, 0.3) is 10.9 Å². The largest absolute Gasteiger partial charge is 0.343 e. The summed E-state index contributed by atoms with van der Waals surface area (Å²) >= 11 is 0. The molecule has 5 rings (SSSR count). The molecule has 1 aromatic heterocycles. The van der Waals surface area contributed by atoms with Crippen LogP contribution in [-0.2, 0) is 16.1 Å². The number of fused-ring (bicyclic) bond motifs is 1. The van der Waals surface area contributed by atoms with Crippen molar-refractivity contribution in [3.05, 3.63) is 143 Å². The van der Waals surface area contributed by atoms with Crippen LogP contribution in [-0.4, -0.2) is 28.6 Å². The molecule has 0 spiro atoms. The van der Waals surface area contributed by atoms with E-state index in [-0.39, 0.29) is 17.6 Å². The average molecular weight is 561 g/mol. The highest BCUT2D eigenvalue weighted by molar-refractivity contribution is 6.00. The molecular formula is C35H33FN4O2. The number of carbonyl (C=O) groups excluding carboxylic acids is 2. The summed E-state index contributed by atoms with van der Waals surface area (Å²) in [5.74, 6) is -1.66. The van der Waals surface area contributed by atoms with E-state index in [1.54, 1.807) is 18.3 Å². The summed E-state index contributed by atoms with van der Waals surface area (Å²) in [6, 6.07) is 32.6. The summed E-state index contributed by atoms with van der Waals surface area (Å²) in [5.41, 5.74) is 7.11. The lowest BCUT2D eigenvalue weighted by Crippen LogP contribution is -2.50. The van der Waals surface area contributed by atoms with Crippen molar-refractivity contribution in [2.45, 2.75) is 32.4 Å². The van der Waals surface area contributed by atoms with E-state index in [0.717, 1.165) is 33.2 Å². The van der Waals surface area contributed by atoms with Crippen molar-refractivity contribution >= 4 is 28.9 Å². The Bertz CT molecular complexity index is 1640. The maximum atomic E-state index is 13.6. The lowest BCUT2D eigenvalue weighted by molar-refractivity contribution is -0.130. The third-order valence-electron chi connectivity index (χ3n) is 7.24. The van der Waals surface area contributed by atoms with Gasteiger partial charge in [-0.3, -0.25) is 9.59 Å². The summed E-state index contributed by atoms with van der Waals surface area (Å²) in [6.45, 7) is 4.33. The maximum absolute atomic E-state index is 13.6. The second-order valence-corrected chi connectivity index (χ2v) is 10.6. The molecule has 0 aliphatic rings. The predicted molar refractivity (Wildman–Crippen MR) is 165 cm³/mol. The van der Waals surface area contributed by atoms with Gasteiger partial charge in [-0.1, -0.05) is 105 Å². The van der Waals surface area contributed by atoms with Gasteiger partial charge in [0, 0.05) is 29.2 Å². The van der Waals surface area contributed by atoms with E-state index >= 15 is 0 Å². The first-order valence-electron chi connectivity index (χ1n) is 14.0. The SMILES string of the molecule is CC(C)[C@H](NC(=O)C(c1ccccc1)c1ccccc1)C(=O)N/N=C\c1cn(Cc2ccc(F)cc2)c2ccccc12. The van der Waals surface area contributed by atoms with Crippen LogP contribution in [0.15, 0.2) is 120 Å². The second kappa shape index (κ2) is 13.1. The van der Waals surface area contributed by atoms with Crippen molar-refractivity contribution < 1.29 is 14.0 Å². The van der Waals surface area contributed by atoms with Crippen molar-refractivity contribution in [3.8, 4) is 0 Å². The van der Waals surface area contributed by atoms with Crippen molar-refractivity contribution in [2.75, 3.05) is 0 Å². The van der Waals surface area contributed by atoms with Gasteiger partial charge in [0.25, 0.3) is 5.91 Å². The van der Waals surface area contributed by atoms with Gasteiger partial charge >= 0.3 is 0 Å². The number of hydrazone groups is 1. The Balaban J connectivity index is 1.32. The van der Waals surface area contributed by atoms with Gasteiger partial charge in [-0.15, -0.1) is 0 Å². The van der Waals surface area contributed by atoms with E-state index in [2.05, 4.69) is 20.4 Å². The highest BCUT2D eigenvalue weighted by Crippen LogP contribution is 2.25. The van der Waals surface area contributed by atoms with Gasteiger partial charge < -0.3 is 9.88 Å². The van der Waals surface area contributed by atoms with Crippen molar-refractivity contribution in [3.63, 3.8) is 0 Å². The molecular weight excluding hydrogens is 527 g/mol. The van der Waals surface area contributed by atoms with Crippen LogP contribution >= 0.6 is 0 Å². The van der Waals surface area contributed by atoms with Gasteiger partial charge in [-0.05, 0) is 40.8 Å². The molecule has 212 valence electrons. The molecule has 0 aliphatic carbocycles. The molecule has 6 nitrogen and oxygen atoms in total. The summed E-state index contributed by atoms with van der Waals surface area (Å²) in [7, 11) is 0. The summed E-state index contributed by atoms with van der Waals surface area (Å²) < 4.78 is 15.4. The highest BCUT2D eigenvalue weighted by atomic mass is 19.1. The van der Waals surface area contributed by atoms with Gasteiger partial charge in [-0.25, -0.2) is 9.82 Å². The first-order valence-corrected chi connectivity index (χ1v) is 14.0. The maximum Gasteiger partial charge on any atom is 0.262 e. The molecule has 2 N–H and O–H groups in total. The van der Waals surface area contributed by atoms with Gasteiger partial charge in [0.1, 0.15) is 11.9 Å². The van der Waals surface area contributed by atoms with E-state index in [9.17, 15) is 14.0 Å². The Morgan fingerprint density at radius 1 is 0.810 bits per heavy atom. The lowest BCUT2D eigenvalue weighted by atomic mass is 9.89. The Morgan fingerprint density at radius 3 is 2.02 bits per heavy atom. The minimum atomic E-state index is -0.788. The topological polar surface area (TPSA) is 75.5 Å². The van der Waals surface area contributed by atoms with Crippen LogP contribution in [0.4, 0.5) is 4.39 Å². The standard InChI is InChI=1S/C35H33FN4O2/c1-24(2)33(38-34(41)32(26-11-5-3-6-12-26)27-13-7-4-8-14-27)35(42)39-37-21-28-23-40(31-16-10-9-15-30(28)31)22-25-17-19-29(36)20-18-25/h3-21,23-24,32-33H,22H2,1-2H3,(H,38,41)(H,39,42)/b37-21-/t33-/m0/s1. The number of hydrogen-bond acceptors (Lipinski definition) is 3. The van der Waals surface area contributed by atoms with Crippen LogP contribution < -0.4 is 10.7 Å². The molecule has 42 heavy (non-hydrogen) atoms. The van der Waals surface area contributed by atoms with Crippen LogP contribution in [0.5, 0.6) is 0 Å². The molecule has 0 saturated carbocycles. The number of hydrogen-bond donors (Lipinski definition) is 2. The normalized spacial score (nSPS) is 12.2. The highest BCUT2D eigenvalue weighted by Gasteiger charge is 2.29. The number of aromatic nitrogens is 1. The first kappa shape index (κ1) is 28.5. The molecule has 0 bridgehead atoms. The quantitative estimate of drug-likeness (QED) is 0.156. The van der Waals surface area contributed by atoms with Gasteiger partial charge in [0.2, 0.25) is 5.91 Å². The Kier molecular flexibility index (Phi) is 8.87. The summed E-state index contributed by atoms with van der Waals surface area (Å²) in [4.78, 5) is 26.9. The molecule has 5 aromatic rings. The van der Waals surface area contributed by atoms with E-state index in [1.807, 2.05) is 105 Å². The zero-order valence-corrected chi connectivity index (χ0v) is 23.6. The fraction of sp³-hybridized carbons (Fsp3) is 0.171. The molecule has 0 aliphatic heterocycles. The number of rotatable bonds is 10. The smallest absolute Gasteiger partial charge is 0.262 e. The second-order valence-electron chi connectivity index (χ2n) is 10.6. The lowest BCUT2D eigenvalue weighted by Gasteiger charge is -2.24. The molecule has 0 radical (unpaired) electrons. The van der Waals surface area contributed by atoms with Gasteiger partial charge in [-0.2, -0.15) is 5.10 Å².